The third-order valence-corrected chi connectivity index (χ3v) is 5.61. The smallest absolute Gasteiger partial charge is 0.191 e. The Morgan fingerprint density at radius 2 is 1.92 bits per heavy atom. The van der Waals surface area contributed by atoms with Crippen molar-refractivity contribution in [2.24, 2.45) is 10.4 Å². The van der Waals surface area contributed by atoms with Crippen LogP contribution in [0, 0.1) is 5.41 Å². The Morgan fingerprint density at radius 1 is 1.21 bits per heavy atom. The zero-order chi connectivity index (χ0) is 16.5. The summed E-state index contributed by atoms with van der Waals surface area (Å²) in [7, 11) is 3.65. The molecule has 0 aromatic carbocycles. The number of rotatable bonds is 10. The van der Waals surface area contributed by atoms with Crippen molar-refractivity contribution >= 4 is 29.9 Å². The van der Waals surface area contributed by atoms with Crippen molar-refractivity contribution in [2.75, 3.05) is 46.9 Å². The molecule has 0 atom stereocenters. The Hall–Kier alpha value is -0.0800. The minimum atomic E-state index is 0. The molecular formula is C18H37IN4O. The van der Waals surface area contributed by atoms with Crippen LogP contribution in [0.15, 0.2) is 4.99 Å². The zero-order valence-electron chi connectivity index (χ0n) is 15.8. The number of methoxy groups -OCH3 is 1. The van der Waals surface area contributed by atoms with Crippen LogP contribution in [0.25, 0.3) is 0 Å². The maximum Gasteiger partial charge on any atom is 0.191 e. The number of halogens is 1. The van der Waals surface area contributed by atoms with Crippen molar-refractivity contribution in [3.8, 4) is 0 Å². The van der Waals surface area contributed by atoms with Crippen LogP contribution in [0.3, 0.4) is 0 Å². The summed E-state index contributed by atoms with van der Waals surface area (Å²) in [6.45, 7) is 7.24. The molecule has 0 unspecified atom stereocenters. The predicted octanol–water partition coefficient (Wildman–Crippen LogP) is 2.85. The second-order valence-corrected chi connectivity index (χ2v) is 7.17. The molecule has 0 aromatic rings. The van der Waals surface area contributed by atoms with Gasteiger partial charge in [-0.15, -0.1) is 24.0 Å². The maximum absolute atomic E-state index is 5.22. The molecule has 24 heavy (non-hydrogen) atoms. The third-order valence-electron chi connectivity index (χ3n) is 5.61. The summed E-state index contributed by atoms with van der Waals surface area (Å²) in [6.07, 6.45) is 9.45. The largest absolute Gasteiger partial charge is 0.383 e. The quantitative estimate of drug-likeness (QED) is 0.304. The predicted molar refractivity (Wildman–Crippen MR) is 112 cm³/mol. The molecule has 0 bridgehead atoms. The van der Waals surface area contributed by atoms with Gasteiger partial charge in [0, 0.05) is 46.4 Å². The first-order valence-electron chi connectivity index (χ1n) is 9.40. The minimum Gasteiger partial charge on any atom is -0.383 e. The summed E-state index contributed by atoms with van der Waals surface area (Å²) in [5.74, 6) is 0.951. The van der Waals surface area contributed by atoms with Crippen LogP contribution in [0.4, 0.5) is 0 Å². The highest BCUT2D eigenvalue weighted by atomic mass is 127. The van der Waals surface area contributed by atoms with E-state index in [2.05, 4.69) is 27.4 Å². The normalized spacial score (nSPS) is 20.1. The van der Waals surface area contributed by atoms with E-state index >= 15 is 0 Å². The fraction of sp³-hybridized carbons (Fsp3) is 0.944. The number of ether oxygens (including phenoxy) is 1. The molecule has 2 aliphatic rings. The monoisotopic (exact) mass is 452 g/mol. The minimum absolute atomic E-state index is 0. The summed E-state index contributed by atoms with van der Waals surface area (Å²) >= 11 is 0. The van der Waals surface area contributed by atoms with Crippen molar-refractivity contribution in [2.45, 2.75) is 57.9 Å². The van der Waals surface area contributed by atoms with E-state index in [0.29, 0.717) is 5.41 Å². The van der Waals surface area contributed by atoms with Gasteiger partial charge in [-0.05, 0) is 37.5 Å². The van der Waals surface area contributed by atoms with Gasteiger partial charge in [0.2, 0.25) is 0 Å². The van der Waals surface area contributed by atoms with E-state index < -0.39 is 0 Å². The number of nitrogens with zero attached hydrogens (tertiary/aromatic N) is 2. The standard InChI is InChI=1S/C18H36N4O.HI/c1-4-18(9-5-6-10-18)15-21-17(19-2)20-11-12-22(13-14-23-3)16-7-8-16;/h16H,4-15H2,1-3H3,(H2,19,20,21);1H. The second kappa shape index (κ2) is 11.5. The van der Waals surface area contributed by atoms with Crippen molar-refractivity contribution in [3.05, 3.63) is 0 Å². The van der Waals surface area contributed by atoms with Gasteiger partial charge in [-0.1, -0.05) is 19.8 Å². The molecule has 2 saturated carbocycles. The van der Waals surface area contributed by atoms with Gasteiger partial charge >= 0.3 is 0 Å². The van der Waals surface area contributed by atoms with Gasteiger partial charge in [-0.25, -0.2) is 0 Å². The van der Waals surface area contributed by atoms with Gasteiger partial charge in [0.1, 0.15) is 0 Å². The lowest BCUT2D eigenvalue weighted by atomic mass is 9.83. The highest BCUT2D eigenvalue weighted by Crippen LogP contribution is 2.40. The molecule has 0 saturated heterocycles. The third kappa shape index (κ3) is 7.04. The molecule has 2 aliphatic carbocycles. The van der Waals surface area contributed by atoms with Crippen molar-refractivity contribution in [3.63, 3.8) is 0 Å². The Labute approximate surface area is 165 Å². The van der Waals surface area contributed by atoms with E-state index in [-0.39, 0.29) is 24.0 Å². The average Bonchev–Trinajstić information content (AvgIpc) is 3.31. The van der Waals surface area contributed by atoms with Crippen molar-refractivity contribution in [1.82, 2.24) is 15.5 Å². The lowest BCUT2D eigenvalue weighted by molar-refractivity contribution is 0.144. The lowest BCUT2D eigenvalue weighted by Crippen LogP contribution is -2.45. The number of hydrogen-bond donors (Lipinski definition) is 2. The molecule has 0 aliphatic heterocycles. The molecule has 142 valence electrons. The number of hydrogen-bond acceptors (Lipinski definition) is 3. The van der Waals surface area contributed by atoms with E-state index in [4.69, 9.17) is 4.74 Å². The van der Waals surface area contributed by atoms with Crippen LogP contribution < -0.4 is 10.6 Å². The highest BCUT2D eigenvalue weighted by Gasteiger charge is 2.32. The lowest BCUT2D eigenvalue weighted by Gasteiger charge is -2.29. The van der Waals surface area contributed by atoms with Crippen molar-refractivity contribution in [1.29, 1.82) is 0 Å². The summed E-state index contributed by atoms with van der Waals surface area (Å²) in [6, 6.07) is 0.781. The number of nitrogens with one attached hydrogen (secondary N) is 2. The summed E-state index contributed by atoms with van der Waals surface area (Å²) in [5, 5.41) is 7.04. The summed E-state index contributed by atoms with van der Waals surface area (Å²) < 4.78 is 5.22. The van der Waals surface area contributed by atoms with Gasteiger partial charge in [0.05, 0.1) is 6.61 Å². The molecule has 5 nitrogen and oxygen atoms in total. The number of aliphatic imine (C=N–C) groups is 1. The van der Waals surface area contributed by atoms with E-state index in [1.807, 2.05) is 7.05 Å². The van der Waals surface area contributed by atoms with Crippen LogP contribution >= 0.6 is 24.0 Å². The zero-order valence-corrected chi connectivity index (χ0v) is 18.1. The summed E-state index contributed by atoms with van der Waals surface area (Å²) in [4.78, 5) is 6.92. The molecule has 0 amide bonds. The molecule has 0 aromatic heterocycles. The van der Waals surface area contributed by atoms with Crippen LogP contribution in [0.2, 0.25) is 0 Å². The van der Waals surface area contributed by atoms with Crippen LogP contribution in [0.1, 0.15) is 51.9 Å². The first-order valence-corrected chi connectivity index (χ1v) is 9.40. The molecule has 2 fully saturated rings. The van der Waals surface area contributed by atoms with Gasteiger partial charge in [-0.2, -0.15) is 0 Å². The van der Waals surface area contributed by atoms with Crippen LogP contribution in [0.5, 0.6) is 0 Å². The molecular weight excluding hydrogens is 415 g/mol. The Balaban J connectivity index is 0.00000288. The molecule has 2 N–H and O–H groups in total. The first-order chi connectivity index (χ1) is 11.2. The second-order valence-electron chi connectivity index (χ2n) is 7.17. The molecule has 0 heterocycles. The van der Waals surface area contributed by atoms with Gasteiger partial charge in [-0.3, -0.25) is 9.89 Å². The fourth-order valence-corrected chi connectivity index (χ4v) is 3.72. The topological polar surface area (TPSA) is 48.9 Å². The van der Waals surface area contributed by atoms with E-state index in [1.165, 1.54) is 44.9 Å². The maximum atomic E-state index is 5.22. The average molecular weight is 452 g/mol. The number of guanidine groups is 1. The van der Waals surface area contributed by atoms with Crippen LogP contribution in [-0.2, 0) is 4.74 Å². The van der Waals surface area contributed by atoms with E-state index in [9.17, 15) is 0 Å². The fourth-order valence-electron chi connectivity index (χ4n) is 3.72. The van der Waals surface area contributed by atoms with Gasteiger partial charge in [0.25, 0.3) is 0 Å². The molecule has 2 rings (SSSR count). The molecule has 0 radical (unpaired) electrons. The van der Waals surface area contributed by atoms with Crippen LogP contribution in [-0.4, -0.2) is 63.8 Å². The van der Waals surface area contributed by atoms with Gasteiger partial charge < -0.3 is 15.4 Å². The molecule has 6 heteroatoms. The van der Waals surface area contributed by atoms with Crippen molar-refractivity contribution < 1.29 is 4.74 Å². The Bertz CT molecular complexity index is 368. The van der Waals surface area contributed by atoms with E-state index in [1.54, 1.807) is 7.11 Å². The Morgan fingerprint density at radius 3 is 2.46 bits per heavy atom. The summed E-state index contributed by atoms with van der Waals surface area (Å²) in [5.41, 5.74) is 0.496. The highest BCUT2D eigenvalue weighted by molar-refractivity contribution is 14.0. The molecule has 0 spiro atoms. The first kappa shape index (κ1) is 22.0. The van der Waals surface area contributed by atoms with Gasteiger partial charge in [0.15, 0.2) is 5.96 Å². The Kier molecular flexibility index (Phi) is 10.5. The van der Waals surface area contributed by atoms with E-state index in [0.717, 1.165) is 44.8 Å². The SMILES string of the molecule is CCC1(CNC(=NC)NCCN(CCOC)C2CC2)CCCC1.I.